The summed E-state index contributed by atoms with van der Waals surface area (Å²) in [4.78, 5) is 32.3. The van der Waals surface area contributed by atoms with E-state index in [1.807, 2.05) is 0 Å². The Labute approximate surface area is 96.4 Å². The topological polar surface area (TPSA) is 121 Å². The van der Waals surface area contributed by atoms with Gasteiger partial charge in [0.1, 0.15) is 0 Å². The normalized spacial score (nSPS) is 9.67. The van der Waals surface area contributed by atoms with Gasteiger partial charge in [0, 0.05) is 0 Å². The third-order valence-corrected chi connectivity index (χ3v) is 2.29. The third-order valence-electron chi connectivity index (χ3n) is 1.21. The molecule has 0 heterocycles. The van der Waals surface area contributed by atoms with Gasteiger partial charge in [-0.25, -0.2) is 0 Å². The molecule has 0 amide bonds. The van der Waals surface area contributed by atoms with Crippen molar-refractivity contribution in [1.82, 2.24) is 4.90 Å². The van der Waals surface area contributed by atoms with Crippen LogP contribution in [0.5, 0.6) is 0 Å². The first-order valence-corrected chi connectivity index (χ1v) is 6.48. The van der Waals surface area contributed by atoms with Crippen LogP contribution in [0.3, 0.4) is 0 Å². The van der Waals surface area contributed by atoms with Crippen molar-refractivity contribution < 1.29 is 30.2 Å². The fraction of sp³-hybridized carbons (Fsp3) is 0.500. The zero-order valence-electron chi connectivity index (χ0n) is 7.45. The number of rotatable bonds is 7. The van der Waals surface area contributed by atoms with Gasteiger partial charge in [-0.1, -0.05) is 0 Å². The molecule has 0 bridgehead atoms. The number of carboxylic acids is 2. The van der Waals surface area contributed by atoms with Crippen molar-refractivity contribution in [3.8, 4) is 0 Å². The number of hydrogen-bond donors (Lipinski definition) is 2. The van der Waals surface area contributed by atoms with E-state index in [1.165, 1.54) is 0 Å². The van der Waals surface area contributed by atoms with Gasteiger partial charge in [-0.2, -0.15) is 0 Å². The Morgan fingerprint density at radius 1 is 1.07 bits per heavy atom. The van der Waals surface area contributed by atoms with Crippen molar-refractivity contribution in [3.63, 3.8) is 0 Å². The quantitative estimate of drug-likeness (QED) is 0.457. The van der Waals surface area contributed by atoms with Crippen LogP contribution in [0, 0.1) is 0 Å². The molecule has 0 rings (SSSR count). The second-order valence-electron chi connectivity index (χ2n) is 2.47. The number of carbonyl (C=O) groups is 3. The van der Waals surface area contributed by atoms with Crippen LogP contribution in [0.2, 0.25) is 0 Å². The van der Waals surface area contributed by atoms with Gasteiger partial charge in [0.05, 0.1) is 0 Å². The predicted octanol–water partition coefficient (Wildman–Crippen LogP) is -2.03. The molecule has 0 unspecified atom stereocenters. The molecular formula is C6H8BiNO7. The molecule has 0 saturated carbocycles. The molecule has 0 spiro atoms. The number of nitrogens with zero attached hydrogens (tertiary/aromatic N) is 1. The second-order valence-corrected chi connectivity index (χ2v) is 3.76. The standard InChI is InChI=1S/C6H9NO6.Bi.O/c8-4(9)1-7(2-5(10)11)3-6(12)13;;/h1-3H2,(H,8,9)(H,10,11)(H,12,13);;/q;+1;/p-1. The molecule has 0 atom stereocenters. The zero-order valence-corrected chi connectivity index (χ0v) is 10.9. The molecule has 0 aliphatic heterocycles. The van der Waals surface area contributed by atoms with E-state index in [0.717, 1.165) is 4.90 Å². The Morgan fingerprint density at radius 2 is 1.53 bits per heavy atom. The van der Waals surface area contributed by atoms with Crippen LogP contribution in [-0.4, -0.2) is 76.3 Å². The maximum atomic E-state index is 10.8. The van der Waals surface area contributed by atoms with E-state index in [9.17, 15) is 17.2 Å². The monoisotopic (exact) mass is 415 g/mol. The summed E-state index contributed by atoms with van der Waals surface area (Å²) in [6, 6.07) is 0. The Balaban J connectivity index is 4.22. The van der Waals surface area contributed by atoms with Crippen molar-refractivity contribution in [2.75, 3.05) is 19.6 Å². The average Bonchev–Trinajstić information content (AvgIpc) is 2.00. The summed E-state index contributed by atoms with van der Waals surface area (Å²) < 4.78 is 14.2. The van der Waals surface area contributed by atoms with Gasteiger partial charge < -0.3 is 0 Å². The molecule has 0 aromatic heterocycles. The Morgan fingerprint density at radius 3 is 1.87 bits per heavy atom. The first-order valence-electron chi connectivity index (χ1n) is 3.64. The summed E-state index contributed by atoms with van der Waals surface area (Å²) in [6.07, 6.45) is 0. The summed E-state index contributed by atoms with van der Waals surface area (Å²) in [5.41, 5.74) is 0. The molecule has 2 N–H and O–H groups in total. The Hall–Kier alpha value is -0.947. The van der Waals surface area contributed by atoms with E-state index >= 15 is 0 Å². The molecule has 0 fully saturated rings. The van der Waals surface area contributed by atoms with Crippen LogP contribution >= 0.6 is 0 Å². The zero-order chi connectivity index (χ0) is 11.8. The molecule has 0 saturated heterocycles. The Kier molecular flexibility index (Phi) is 6.89. The van der Waals surface area contributed by atoms with Crippen LogP contribution in [0.4, 0.5) is 0 Å². The maximum absolute atomic E-state index is 10.8. The number of hydrogen-bond acceptors (Lipinski definition) is 6. The molecule has 0 radical (unpaired) electrons. The first-order chi connectivity index (χ1) is 6.95. The van der Waals surface area contributed by atoms with Gasteiger partial charge in [-0.3, -0.25) is 0 Å². The van der Waals surface area contributed by atoms with Crippen LogP contribution < -0.4 is 0 Å². The molecular weight excluding hydrogens is 407 g/mol. The van der Waals surface area contributed by atoms with Crippen LogP contribution in [0.15, 0.2) is 0 Å². The molecule has 0 aromatic carbocycles. The summed E-state index contributed by atoms with van der Waals surface area (Å²) in [5, 5.41) is 16.8. The summed E-state index contributed by atoms with van der Waals surface area (Å²) in [6.45, 7) is -1.68. The van der Waals surface area contributed by atoms with E-state index in [-0.39, 0.29) is 0 Å². The molecule has 8 nitrogen and oxygen atoms in total. The minimum absolute atomic E-state index is 0.496. The molecule has 15 heavy (non-hydrogen) atoms. The van der Waals surface area contributed by atoms with Gasteiger partial charge in [0.25, 0.3) is 0 Å². The van der Waals surface area contributed by atoms with E-state index in [1.54, 1.807) is 0 Å². The van der Waals surface area contributed by atoms with Crippen molar-refractivity contribution in [3.05, 3.63) is 0 Å². The molecule has 0 aromatic rings. The van der Waals surface area contributed by atoms with Crippen LogP contribution in [-0.2, 0) is 20.0 Å². The van der Waals surface area contributed by atoms with Crippen molar-refractivity contribution in [2.45, 2.75) is 0 Å². The summed E-state index contributed by atoms with van der Waals surface area (Å²) >= 11 is -2.47. The fourth-order valence-corrected chi connectivity index (χ4v) is 1.35. The van der Waals surface area contributed by atoms with Gasteiger partial charge >= 0.3 is 96.3 Å². The average molecular weight is 415 g/mol. The number of carbonyl (C=O) groups excluding carboxylic acids is 1. The fourth-order valence-electron chi connectivity index (χ4n) is 0.803. The van der Waals surface area contributed by atoms with Crippen LogP contribution in [0.25, 0.3) is 0 Å². The van der Waals surface area contributed by atoms with Gasteiger partial charge in [0.15, 0.2) is 0 Å². The SMILES string of the molecule is [O]=[Bi][O]C(=O)CN(CC(=O)O)CC(=O)O. The van der Waals surface area contributed by atoms with E-state index in [0.29, 0.717) is 0 Å². The van der Waals surface area contributed by atoms with Crippen molar-refractivity contribution in [1.29, 1.82) is 0 Å². The summed E-state index contributed by atoms with van der Waals surface area (Å²) in [7, 11) is 0. The third kappa shape index (κ3) is 8.07. The Bertz CT molecular complexity index is 263. The van der Waals surface area contributed by atoms with E-state index < -0.39 is 61.2 Å². The minimum atomic E-state index is -2.47. The molecule has 9 heteroatoms. The number of aliphatic carboxylic acids is 2. The summed E-state index contributed by atoms with van der Waals surface area (Å²) in [5.74, 6) is -3.39. The molecule has 84 valence electrons. The van der Waals surface area contributed by atoms with Gasteiger partial charge in [0.2, 0.25) is 0 Å². The molecule has 0 aliphatic rings. The molecule has 0 aliphatic carbocycles. The first kappa shape index (κ1) is 14.1. The predicted molar refractivity (Wildman–Crippen MR) is 44.2 cm³/mol. The van der Waals surface area contributed by atoms with Crippen LogP contribution in [0.1, 0.15) is 0 Å². The van der Waals surface area contributed by atoms with Gasteiger partial charge in [-0.15, -0.1) is 0 Å². The second kappa shape index (κ2) is 7.36. The van der Waals surface area contributed by atoms with Crippen molar-refractivity contribution in [2.24, 2.45) is 0 Å². The number of carboxylic acid groups (broad SMARTS) is 2. The van der Waals surface area contributed by atoms with E-state index in [2.05, 4.69) is 2.81 Å². The van der Waals surface area contributed by atoms with Crippen molar-refractivity contribution >= 4 is 41.6 Å². The van der Waals surface area contributed by atoms with Gasteiger partial charge in [-0.05, 0) is 0 Å². The van der Waals surface area contributed by atoms with E-state index in [4.69, 9.17) is 10.2 Å².